The Labute approximate surface area is 134 Å². The molecule has 1 aliphatic rings. The minimum Gasteiger partial charge on any atom is -0.373 e. The molecule has 0 radical (unpaired) electrons. The van der Waals surface area contributed by atoms with Gasteiger partial charge in [0.05, 0.1) is 11.6 Å². The molecule has 0 aromatic carbocycles. The fourth-order valence-electron chi connectivity index (χ4n) is 3.58. The van der Waals surface area contributed by atoms with Crippen molar-refractivity contribution in [3.8, 4) is 0 Å². The van der Waals surface area contributed by atoms with Crippen LogP contribution in [-0.4, -0.2) is 18.8 Å². The molecule has 1 aliphatic carbocycles. The predicted octanol–water partition coefficient (Wildman–Crippen LogP) is 5.08. The van der Waals surface area contributed by atoms with E-state index in [1.807, 2.05) is 11.3 Å². The van der Waals surface area contributed by atoms with Gasteiger partial charge in [-0.25, -0.2) is 0 Å². The van der Waals surface area contributed by atoms with Crippen LogP contribution < -0.4 is 5.32 Å². The molecule has 2 nitrogen and oxygen atoms in total. The second kappa shape index (κ2) is 6.80. The second-order valence-corrected chi connectivity index (χ2v) is 8.26. The molecule has 120 valence electrons. The van der Waals surface area contributed by atoms with Gasteiger partial charge >= 0.3 is 0 Å². The van der Waals surface area contributed by atoms with Crippen LogP contribution in [0.3, 0.4) is 0 Å². The minimum absolute atomic E-state index is 0.0339. The van der Waals surface area contributed by atoms with E-state index in [0.29, 0.717) is 11.5 Å². The molecule has 0 spiro atoms. The Morgan fingerprint density at radius 3 is 2.38 bits per heavy atom. The van der Waals surface area contributed by atoms with Gasteiger partial charge in [-0.2, -0.15) is 0 Å². The molecule has 1 aromatic heterocycles. The first-order valence-electron chi connectivity index (χ1n) is 8.35. The van der Waals surface area contributed by atoms with Crippen molar-refractivity contribution in [1.82, 2.24) is 5.32 Å². The molecule has 1 N–H and O–H groups in total. The highest BCUT2D eigenvalue weighted by molar-refractivity contribution is 7.10. The Morgan fingerprint density at radius 2 is 1.90 bits per heavy atom. The lowest BCUT2D eigenvalue weighted by molar-refractivity contribution is -0.107. The highest BCUT2D eigenvalue weighted by atomic mass is 32.1. The van der Waals surface area contributed by atoms with Crippen molar-refractivity contribution in [1.29, 1.82) is 0 Å². The van der Waals surface area contributed by atoms with Crippen LogP contribution in [0.2, 0.25) is 0 Å². The van der Waals surface area contributed by atoms with Gasteiger partial charge in [0.1, 0.15) is 0 Å². The highest BCUT2D eigenvalue weighted by Crippen LogP contribution is 2.48. The van der Waals surface area contributed by atoms with Crippen molar-refractivity contribution < 1.29 is 4.74 Å². The monoisotopic (exact) mass is 309 g/mol. The van der Waals surface area contributed by atoms with E-state index in [1.165, 1.54) is 23.3 Å². The van der Waals surface area contributed by atoms with Crippen molar-refractivity contribution in [2.75, 3.05) is 13.2 Å². The van der Waals surface area contributed by atoms with Crippen molar-refractivity contribution in [2.45, 2.75) is 71.9 Å². The van der Waals surface area contributed by atoms with E-state index in [0.717, 1.165) is 26.0 Å². The van der Waals surface area contributed by atoms with E-state index < -0.39 is 0 Å². The normalized spacial score (nSPS) is 22.1. The largest absolute Gasteiger partial charge is 0.373 e. The van der Waals surface area contributed by atoms with Gasteiger partial charge in [0.15, 0.2) is 0 Å². The van der Waals surface area contributed by atoms with Crippen molar-refractivity contribution in [2.24, 2.45) is 5.41 Å². The molecule has 3 heteroatoms. The van der Waals surface area contributed by atoms with Crippen LogP contribution in [0.25, 0.3) is 0 Å². The molecule has 0 bridgehead atoms. The SMILES string of the molecule is CCNC(c1csc(C)c1)C1(OCC)CCC(C)(C)CC1. The standard InChI is InChI=1S/C18H31NOS/c1-6-19-16(15-12-14(3)21-13-15)18(20-7-2)10-8-17(4,5)9-11-18/h12-13,16,19H,6-11H2,1-5H3. The lowest BCUT2D eigenvalue weighted by atomic mass is 9.67. The van der Waals surface area contributed by atoms with E-state index in [-0.39, 0.29) is 5.60 Å². The van der Waals surface area contributed by atoms with Crippen LogP contribution in [0.15, 0.2) is 11.4 Å². The molecule has 0 saturated heterocycles. The van der Waals surface area contributed by atoms with Gasteiger partial charge in [0.2, 0.25) is 0 Å². The molecular formula is C18H31NOS. The summed E-state index contributed by atoms with van der Waals surface area (Å²) < 4.78 is 6.38. The summed E-state index contributed by atoms with van der Waals surface area (Å²) in [7, 11) is 0. The third-order valence-electron chi connectivity index (χ3n) is 4.90. The predicted molar refractivity (Wildman–Crippen MR) is 92.1 cm³/mol. The zero-order chi connectivity index (χ0) is 15.5. The smallest absolute Gasteiger partial charge is 0.0876 e. The maximum absolute atomic E-state index is 6.38. The van der Waals surface area contributed by atoms with Crippen molar-refractivity contribution >= 4 is 11.3 Å². The molecule has 1 atom stereocenters. The average Bonchev–Trinajstić information content (AvgIpc) is 2.85. The van der Waals surface area contributed by atoms with Gasteiger partial charge in [-0.3, -0.25) is 0 Å². The van der Waals surface area contributed by atoms with E-state index in [2.05, 4.69) is 51.4 Å². The second-order valence-electron chi connectivity index (χ2n) is 7.14. The summed E-state index contributed by atoms with van der Waals surface area (Å²) in [6, 6.07) is 2.65. The zero-order valence-electron chi connectivity index (χ0n) is 14.3. The summed E-state index contributed by atoms with van der Waals surface area (Å²) in [4.78, 5) is 1.38. The zero-order valence-corrected chi connectivity index (χ0v) is 15.1. The minimum atomic E-state index is -0.0339. The van der Waals surface area contributed by atoms with Crippen LogP contribution in [0.4, 0.5) is 0 Å². The highest BCUT2D eigenvalue weighted by Gasteiger charge is 2.45. The first-order valence-corrected chi connectivity index (χ1v) is 9.23. The molecular weight excluding hydrogens is 278 g/mol. The Kier molecular flexibility index (Phi) is 5.50. The maximum Gasteiger partial charge on any atom is 0.0876 e. The summed E-state index contributed by atoms with van der Waals surface area (Å²) in [5.41, 5.74) is 1.84. The van der Waals surface area contributed by atoms with Crippen molar-refractivity contribution in [3.05, 3.63) is 21.9 Å². The molecule has 1 fully saturated rings. The molecule has 0 aliphatic heterocycles. The quantitative estimate of drug-likeness (QED) is 0.791. The number of rotatable bonds is 6. The van der Waals surface area contributed by atoms with Gasteiger partial charge in [-0.1, -0.05) is 20.8 Å². The first-order chi connectivity index (χ1) is 9.92. The lowest BCUT2D eigenvalue weighted by Crippen LogP contribution is -2.49. The number of thiophene rings is 1. The Bertz CT molecular complexity index is 442. The third-order valence-corrected chi connectivity index (χ3v) is 5.78. The van der Waals surface area contributed by atoms with Gasteiger partial charge in [0, 0.05) is 11.5 Å². The number of hydrogen-bond acceptors (Lipinski definition) is 3. The summed E-state index contributed by atoms with van der Waals surface area (Å²) in [5, 5.41) is 6.03. The number of ether oxygens (including phenoxy) is 1. The van der Waals surface area contributed by atoms with E-state index >= 15 is 0 Å². The molecule has 1 unspecified atom stereocenters. The van der Waals surface area contributed by atoms with Crippen LogP contribution in [-0.2, 0) is 4.74 Å². The fraction of sp³-hybridized carbons (Fsp3) is 0.778. The topological polar surface area (TPSA) is 21.3 Å². The first kappa shape index (κ1) is 17.0. The van der Waals surface area contributed by atoms with Gasteiger partial charge in [-0.15, -0.1) is 11.3 Å². The fourth-order valence-corrected chi connectivity index (χ4v) is 4.31. The number of nitrogens with one attached hydrogen (secondary N) is 1. The summed E-state index contributed by atoms with van der Waals surface area (Å²) in [6.07, 6.45) is 4.80. The molecule has 2 rings (SSSR count). The van der Waals surface area contributed by atoms with E-state index in [1.54, 1.807) is 0 Å². The molecule has 1 saturated carbocycles. The van der Waals surface area contributed by atoms with Crippen molar-refractivity contribution in [3.63, 3.8) is 0 Å². The molecule has 0 amide bonds. The summed E-state index contributed by atoms with van der Waals surface area (Å²) >= 11 is 1.84. The number of likely N-dealkylation sites (N-methyl/N-ethyl adjacent to an activating group) is 1. The van der Waals surface area contributed by atoms with Crippen LogP contribution in [0.1, 0.15) is 69.9 Å². The Hall–Kier alpha value is -0.380. The lowest BCUT2D eigenvalue weighted by Gasteiger charge is -2.47. The van der Waals surface area contributed by atoms with Gasteiger partial charge < -0.3 is 10.1 Å². The third kappa shape index (κ3) is 3.88. The summed E-state index contributed by atoms with van der Waals surface area (Å²) in [6.45, 7) is 13.1. The number of hydrogen-bond donors (Lipinski definition) is 1. The Morgan fingerprint density at radius 1 is 1.24 bits per heavy atom. The summed E-state index contributed by atoms with van der Waals surface area (Å²) in [5.74, 6) is 0. The van der Waals surface area contributed by atoms with Gasteiger partial charge in [-0.05, 0) is 68.5 Å². The molecule has 1 heterocycles. The average molecular weight is 310 g/mol. The van der Waals surface area contributed by atoms with E-state index in [4.69, 9.17) is 4.74 Å². The maximum atomic E-state index is 6.38. The number of aryl methyl sites for hydroxylation is 1. The van der Waals surface area contributed by atoms with Gasteiger partial charge in [0.25, 0.3) is 0 Å². The van der Waals surface area contributed by atoms with Crippen LogP contribution in [0, 0.1) is 12.3 Å². The Balaban J connectivity index is 2.28. The molecule has 1 aromatic rings. The molecule has 21 heavy (non-hydrogen) atoms. The van der Waals surface area contributed by atoms with Crippen LogP contribution in [0.5, 0.6) is 0 Å². The van der Waals surface area contributed by atoms with Crippen LogP contribution >= 0.6 is 11.3 Å². The van der Waals surface area contributed by atoms with E-state index in [9.17, 15) is 0 Å².